The Bertz CT molecular complexity index is 263. The standard InChI is InChI=1S/C8H14O2.C4H6O2/c1-2-8(7(9)10)5-3-4-6-8;1-3(2)4(5)6/h2-6H2,1H3,(H,9,10);1H2,2H3,(H,5,6). The summed E-state index contributed by atoms with van der Waals surface area (Å²) in [4.78, 5) is 20.4. The Balaban J connectivity index is 0.000000325. The Labute approximate surface area is 96.0 Å². The minimum absolute atomic E-state index is 0.176. The first kappa shape index (κ1) is 14.7. The Hall–Kier alpha value is -1.32. The number of hydrogen-bond donors (Lipinski definition) is 2. The molecule has 0 aliphatic heterocycles. The van der Waals surface area contributed by atoms with E-state index in [2.05, 4.69) is 6.58 Å². The largest absolute Gasteiger partial charge is 0.481 e. The second-order valence-electron chi connectivity index (χ2n) is 4.23. The quantitative estimate of drug-likeness (QED) is 0.728. The molecule has 0 spiro atoms. The van der Waals surface area contributed by atoms with Gasteiger partial charge in [-0.3, -0.25) is 4.79 Å². The lowest BCUT2D eigenvalue weighted by molar-refractivity contribution is -0.148. The van der Waals surface area contributed by atoms with Gasteiger partial charge < -0.3 is 10.2 Å². The molecule has 0 bridgehead atoms. The molecular weight excluding hydrogens is 208 g/mol. The second kappa shape index (κ2) is 6.30. The lowest BCUT2D eigenvalue weighted by Crippen LogP contribution is -2.26. The Morgan fingerprint density at radius 3 is 1.75 bits per heavy atom. The number of rotatable bonds is 3. The van der Waals surface area contributed by atoms with E-state index in [0.717, 1.165) is 32.1 Å². The Morgan fingerprint density at radius 1 is 1.25 bits per heavy atom. The van der Waals surface area contributed by atoms with E-state index in [1.807, 2.05) is 6.92 Å². The first-order chi connectivity index (χ1) is 7.35. The van der Waals surface area contributed by atoms with Crippen LogP contribution in [0.3, 0.4) is 0 Å². The fraction of sp³-hybridized carbons (Fsp3) is 0.667. The van der Waals surface area contributed by atoms with E-state index in [0.29, 0.717) is 0 Å². The van der Waals surface area contributed by atoms with Crippen molar-refractivity contribution in [1.82, 2.24) is 0 Å². The van der Waals surface area contributed by atoms with Gasteiger partial charge >= 0.3 is 11.9 Å². The van der Waals surface area contributed by atoms with Gasteiger partial charge in [0.15, 0.2) is 0 Å². The highest BCUT2D eigenvalue weighted by molar-refractivity contribution is 5.84. The van der Waals surface area contributed by atoms with Crippen molar-refractivity contribution in [2.45, 2.75) is 46.0 Å². The van der Waals surface area contributed by atoms with Crippen LogP contribution in [0.25, 0.3) is 0 Å². The van der Waals surface area contributed by atoms with Crippen LogP contribution in [0.1, 0.15) is 46.0 Å². The third-order valence-corrected chi connectivity index (χ3v) is 3.06. The molecule has 4 nitrogen and oxygen atoms in total. The van der Waals surface area contributed by atoms with Crippen LogP contribution in [0.15, 0.2) is 12.2 Å². The zero-order valence-corrected chi connectivity index (χ0v) is 9.95. The van der Waals surface area contributed by atoms with E-state index in [9.17, 15) is 9.59 Å². The Kier molecular flexibility index (Phi) is 5.78. The average Bonchev–Trinajstić information content (AvgIpc) is 2.67. The van der Waals surface area contributed by atoms with Crippen LogP contribution in [0.2, 0.25) is 0 Å². The molecule has 0 heterocycles. The monoisotopic (exact) mass is 228 g/mol. The predicted octanol–water partition coefficient (Wildman–Crippen LogP) is 2.69. The molecule has 0 amide bonds. The van der Waals surface area contributed by atoms with Crippen molar-refractivity contribution in [1.29, 1.82) is 0 Å². The molecule has 0 aromatic carbocycles. The third-order valence-electron chi connectivity index (χ3n) is 3.06. The van der Waals surface area contributed by atoms with Crippen molar-refractivity contribution in [2.24, 2.45) is 5.41 Å². The normalized spacial score (nSPS) is 17.1. The minimum Gasteiger partial charge on any atom is -0.481 e. The molecular formula is C12H20O4. The molecule has 0 aromatic heterocycles. The summed E-state index contributed by atoms with van der Waals surface area (Å²) < 4.78 is 0. The van der Waals surface area contributed by atoms with Crippen LogP contribution in [0, 0.1) is 5.41 Å². The van der Waals surface area contributed by atoms with Crippen molar-refractivity contribution in [3.05, 3.63) is 12.2 Å². The number of hydrogen-bond acceptors (Lipinski definition) is 2. The lowest BCUT2D eigenvalue weighted by atomic mass is 9.84. The van der Waals surface area contributed by atoms with Gasteiger partial charge in [-0.25, -0.2) is 4.79 Å². The summed E-state index contributed by atoms with van der Waals surface area (Å²) in [6.45, 7) is 6.57. The maximum Gasteiger partial charge on any atom is 0.330 e. The summed E-state index contributed by atoms with van der Waals surface area (Å²) in [6, 6.07) is 0. The van der Waals surface area contributed by atoms with Crippen molar-refractivity contribution in [2.75, 3.05) is 0 Å². The number of carbonyl (C=O) groups is 2. The van der Waals surface area contributed by atoms with Gasteiger partial charge in [0.25, 0.3) is 0 Å². The molecule has 4 heteroatoms. The van der Waals surface area contributed by atoms with Crippen LogP contribution in [-0.4, -0.2) is 22.2 Å². The highest BCUT2D eigenvalue weighted by Crippen LogP contribution is 2.40. The lowest BCUT2D eigenvalue weighted by Gasteiger charge is -2.20. The molecule has 16 heavy (non-hydrogen) atoms. The zero-order chi connectivity index (χ0) is 12.8. The van der Waals surface area contributed by atoms with E-state index in [1.54, 1.807) is 0 Å². The molecule has 1 saturated carbocycles. The van der Waals surface area contributed by atoms with Crippen LogP contribution >= 0.6 is 0 Å². The molecule has 0 unspecified atom stereocenters. The van der Waals surface area contributed by atoms with Gasteiger partial charge in [-0.2, -0.15) is 0 Å². The summed E-state index contributed by atoms with van der Waals surface area (Å²) in [7, 11) is 0. The van der Waals surface area contributed by atoms with Crippen molar-refractivity contribution in [3.63, 3.8) is 0 Å². The summed E-state index contributed by atoms with van der Waals surface area (Å²) >= 11 is 0. The Morgan fingerprint density at radius 2 is 1.62 bits per heavy atom. The predicted molar refractivity (Wildman–Crippen MR) is 61.3 cm³/mol. The molecule has 2 N–H and O–H groups in total. The number of aliphatic carboxylic acids is 2. The van der Waals surface area contributed by atoms with Gasteiger partial charge in [-0.1, -0.05) is 26.3 Å². The van der Waals surface area contributed by atoms with Gasteiger partial charge in [-0.15, -0.1) is 0 Å². The fourth-order valence-corrected chi connectivity index (χ4v) is 1.77. The molecule has 0 aromatic rings. The van der Waals surface area contributed by atoms with E-state index in [4.69, 9.17) is 10.2 Å². The van der Waals surface area contributed by atoms with Crippen LogP contribution < -0.4 is 0 Å². The van der Waals surface area contributed by atoms with Crippen LogP contribution in [-0.2, 0) is 9.59 Å². The molecule has 92 valence electrons. The summed E-state index contributed by atoms with van der Waals surface area (Å²) in [5.74, 6) is -1.53. The third kappa shape index (κ3) is 4.04. The molecule has 1 rings (SSSR count). The summed E-state index contributed by atoms with van der Waals surface area (Å²) in [5, 5.41) is 16.8. The average molecular weight is 228 g/mol. The van der Waals surface area contributed by atoms with E-state index in [-0.39, 0.29) is 11.0 Å². The van der Waals surface area contributed by atoms with E-state index in [1.165, 1.54) is 6.92 Å². The van der Waals surface area contributed by atoms with Gasteiger partial charge in [-0.05, 0) is 26.2 Å². The molecule has 1 fully saturated rings. The summed E-state index contributed by atoms with van der Waals surface area (Å²) in [6.07, 6.45) is 4.76. The first-order valence-corrected chi connectivity index (χ1v) is 5.48. The van der Waals surface area contributed by atoms with Gasteiger partial charge in [0.2, 0.25) is 0 Å². The van der Waals surface area contributed by atoms with Gasteiger partial charge in [0.05, 0.1) is 5.41 Å². The van der Waals surface area contributed by atoms with Crippen molar-refractivity contribution < 1.29 is 19.8 Å². The number of carboxylic acids is 2. The SMILES string of the molecule is C=C(C)C(=O)O.CCC1(C(=O)O)CCCC1. The zero-order valence-electron chi connectivity index (χ0n) is 9.95. The smallest absolute Gasteiger partial charge is 0.330 e. The minimum atomic E-state index is -0.935. The fourth-order valence-electron chi connectivity index (χ4n) is 1.77. The molecule has 0 saturated heterocycles. The highest BCUT2D eigenvalue weighted by Gasteiger charge is 2.39. The van der Waals surface area contributed by atoms with Crippen molar-refractivity contribution in [3.8, 4) is 0 Å². The van der Waals surface area contributed by atoms with E-state index >= 15 is 0 Å². The molecule has 0 atom stereocenters. The highest BCUT2D eigenvalue weighted by atomic mass is 16.4. The van der Waals surface area contributed by atoms with Crippen LogP contribution in [0.5, 0.6) is 0 Å². The van der Waals surface area contributed by atoms with Gasteiger partial charge in [0, 0.05) is 5.57 Å². The molecule has 1 aliphatic rings. The first-order valence-electron chi connectivity index (χ1n) is 5.48. The molecule has 0 radical (unpaired) electrons. The topological polar surface area (TPSA) is 74.6 Å². The maximum absolute atomic E-state index is 10.8. The second-order valence-corrected chi connectivity index (χ2v) is 4.23. The maximum atomic E-state index is 10.8. The van der Waals surface area contributed by atoms with Crippen molar-refractivity contribution >= 4 is 11.9 Å². The van der Waals surface area contributed by atoms with Crippen LogP contribution in [0.4, 0.5) is 0 Å². The van der Waals surface area contributed by atoms with Gasteiger partial charge in [0.1, 0.15) is 0 Å². The van der Waals surface area contributed by atoms with E-state index < -0.39 is 11.9 Å². The molecule has 1 aliphatic carbocycles. The summed E-state index contributed by atoms with van der Waals surface area (Å²) in [5.41, 5.74) is -0.171. The number of carboxylic acid groups (broad SMARTS) is 2.